The number of rotatable bonds is 4. The molecule has 2 heterocycles. The van der Waals surface area contributed by atoms with Gasteiger partial charge in [-0.1, -0.05) is 0 Å². The average Bonchev–Trinajstić information content (AvgIpc) is 2.62. The van der Waals surface area contributed by atoms with Gasteiger partial charge in [0, 0.05) is 37.0 Å². The largest absolute Gasteiger partial charge is 0.378 e. The lowest BCUT2D eigenvalue weighted by Crippen LogP contribution is -2.38. The molecule has 1 N–H and O–H groups in total. The Morgan fingerprint density at radius 1 is 1.15 bits per heavy atom. The van der Waals surface area contributed by atoms with Crippen LogP contribution in [0.15, 0.2) is 29.1 Å². The first-order valence-corrected chi connectivity index (χ1v) is 7.79. The number of nitrogens with one attached hydrogen (secondary N) is 1. The monoisotopic (exact) mass is 368 g/mol. The third-order valence-corrected chi connectivity index (χ3v) is 3.75. The first kappa shape index (κ1) is 17.9. The molecule has 0 spiro atoms. The minimum absolute atomic E-state index is 0.260. The van der Waals surface area contributed by atoms with Gasteiger partial charge in [0.15, 0.2) is 17.5 Å². The molecular formula is C16H15F3N4O3. The molecule has 1 aromatic carbocycles. The number of ether oxygens (including phenoxy) is 1. The van der Waals surface area contributed by atoms with Gasteiger partial charge in [0.05, 0.1) is 13.2 Å². The molecule has 1 amide bonds. The maximum Gasteiger partial charge on any atom is 0.267 e. The van der Waals surface area contributed by atoms with E-state index in [-0.39, 0.29) is 5.69 Å². The molecule has 1 saturated heterocycles. The molecule has 10 heteroatoms. The fraction of sp³-hybridized carbons (Fsp3) is 0.312. The van der Waals surface area contributed by atoms with Gasteiger partial charge in [0.2, 0.25) is 5.91 Å². The lowest BCUT2D eigenvalue weighted by atomic mass is 10.3. The van der Waals surface area contributed by atoms with Crippen LogP contribution in [0.3, 0.4) is 0 Å². The molecule has 1 aromatic heterocycles. The van der Waals surface area contributed by atoms with Crippen molar-refractivity contribution in [2.75, 3.05) is 36.5 Å². The normalized spacial score (nSPS) is 14.3. The lowest BCUT2D eigenvalue weighted by Gasteiger charge is -2.27. The topological polar surface area (TPSA) is 76.5 Å². The summed E-state index contributed by atoms with van der Waals surface area (Å²) in [5.41, 5.74) is -0.766. The van der Waals surface area contributed by atoms with Gasteiger partial charge in [-0.2, -0.15) is 5.10 Å². The Labute approximate surface area is 146 Å². The molecule has 0 atom stereocenters. The fourth-order valence-electron chi connectivity index (χ4n) is 2.48. The van der Waals surface area contributed by atoms with Crippen LogP contribution in [0.25, 0.3) is 0 Å². The zero-order valence-electron chi connectivity index (χ0n) is 13.5. The summed E-state index contributed by atoms with van der Waals surface area (Å²) >= 11 is 0. The van der Waals surface area contributed by atoms with E-state index in [0.717, 1.165) is 4.68 Å². The smallest absolute Gasteiger partial charge is 0.267 e. The molecule has 1 aliphatic rings. The number of hydrogen-bond acceptors (Lipinski definition) is 5. The van der Waals surface area contributed by atoms with Crippen molar-refractivity contribution >= 4 is 17.4 Å². The number of carbonyl (C=O) groups excluding carboxylic acids is 1. The van der Waals surface area contributed by atoms with Crippen LogP contribution >= 0.6 is 0 Å². The summed E-state index contributed by atoms with van der Waals surface area (Å²) in [5, 5.41) is 6.34. The van der Waals surface area contributed by atoms with Crippen molar-refractivity contribution in [1.29, 1.82) is 0 Å². The molecule has 7 nitrogen and oxygen atoms in total. The molecular weight excluding hydrogens is 353 g/mol. The predicted molar refractivity (Wildman–Crippen MR) is 86.5 cm³/mol. The van der Waals surface area contributed by atoms with Crippen LogP contribution in [-0.4, -0.2) is 42.0 Å². The molecule has 0 aliphatic carbocycles. The molecule has 0 radical (unpaired) electrons. The van der Waals surface area contributed by atoms with Gasteiger partial charge in [0.25, 0.3) is 5.56 Å². The van der Waals surface area contributed by atoms with Gasteiger partial charge in [-0.3, -0.25) is 9.59 Å². The maximum atomic E-state index is 13.2. The standard InChI is InChI=1S/C16H15F3N4O3/c17-11-7-10(8-12(18)16(11)19)20-14(24)9-23-15(25)2-1-13(21-23)22-3-5-26-6-4-22/h1-2,7-8H,3-6,9H2,(H,20,24). The Bertz CT molecular complexity index is 858. The molecule has 2 aromatic rings. The van der Waals surface area contributed by atoms with Crippen LogP contribution < -0.4 is 15.8 Å². The SMILES string of the molecule is O=C(Cn1nc(N2CCOCC2)ccc1=O)Nc1cc(F)c(F)c(F)c1. The van der Waals surface area contributed by atoms with Crippen molar-refractivity contribution in [2.45, 2.75) is 6.54 Å². The van der Waals surface area contributed by atoms with E-state index in [2.05, 4.69) is 10.4 Å². The van der Waals surface area contributed by atoms with Gasteiger partial charge in [-0.25, -0.2) is 17.9 Å². The van der Waals surface area contributed by atoms with Crippen LogP contribution in [0.5, 0.6) is 0 Å². The second-order valence-corrected chi connectivity index (χ2v) is 5.59. The van der Waals surface area contributed by atoms with Crippen LogP contribution in [0.2, 0.25) is 0 Å². The lowest BCUT2D eigenvalue weighted by molar-refractivity contribution is -0.117. The van der Waals surface area contributed by atoms with Crippen LogP contribution in [-0.2, 0) is 16.1 Å². The highest BCUT2D eigenvalue weighted by molar-refractivity contribution is 5.90. The molecule has 1 fully saturated rings. The summed E-state index contributed by atoms with van der Waals surface area (Å²) < 4.78 is 45.5. The summed E-state index contributed by atoms with van der Waals surface area (Å²) in [5.74, 6) is -4.70. The molecule has 138 valence electrons. The number of halogens is 3. The molecule has 0 unspecified atom stereocenters. The number of carbonyl (C=O) groups is 1. The van der Waals surface area contributed by atoms with Crippen molar-refractivity contribution in [3.8, 4) is 0 Å². The number of aromatic nitrogens is 2. The minimum atomic E-state index is -1.63. The molecule has 0 saturated carbocycles. The summed E-state index contributed by atoms with van der Waals surface area (Å²) in [6.45, 7) is 1.81. The van der Waals surface area contributed by atoms with Crippen LogP contribution in [0.4, 0.5) is 24.7 Å². The Balaban J connectivity index is 1.73. The van der Waals surface area contributed by atoms with E-state index in [0.29, 0.717) is 44.3 Å². The van der Waals surface area contributed by atoms with Crippen LogP contribution in [0, 0.1) is 17.5 Å². The van der Waals surface area contributed by atoms with Gasteiger partial charge < -0.3 is 15.0 Å². The third kappa shape index (κ3) is 4.02. The van der Waals surface area contributed by atoms with Crippen molar-refractivity contribution < 1.29 is 22.7 Å². The van der Waals surface area contributed by atoms with Crippen molar-refractivity contribution in [2.24, 2.45) is 0 Å². The predicted octanol–water partition coefficient (Wildman–Crippen LogP) is 1.14. The highest BCUT2D eigenvalue weighted by Crippen LogP contribution is 2.17. The Morgan fingerprint density at radius 3 is 2.46 bits per heavy atom. The number of nitrogens with zero attached hydrogens (tertiary/aromatic N) is 3. The number of morpholine rings is 1. The van der Waals surface area contributed by atoms with Crippen molar-refractivity contribution in [3.63, 3.8) is 0 Å². The van der Waals surface area contributed by atoms with Gasteiger partial charge in [0.1, 0.15) is 12.4 Å². The van der Waals surface area contributed by atoms with E-state index in [1.807, 2.05) is 4.90 Å². The molecule has 0 bridgehead atoms. The first-order valence-electron chi connectivity index (χ1n) is 7.79. The number of hydrogen-bond donors (Lipinski definition) is 1. The van der Waals surface area contributed by atoms with Crippen LogP contribution in [0.1, 0.15) is 0 Å². The van der Waals surface area contributed by atoms with E-state index >= 15 is 0 Å². The van der Waals surface area contributed by atoms with Crippen molar-refractivity contribution in [1.82, 2.24) is 9.78 Å². The average molecular weight is 368 g/mol. The Hall–Kier alpha value is -2.88. The van der Waals surface area contributed by atoms with E-state index < -0.39 is 35.5 Å². The Kier molecular flexibility index (Phi) is 5.21. The van der Waals surface area contributed by atoms with Crippen molar-refractivity contribution in [3.05, 3.63) is 52.1 Å². The van der Waals surface area contributed by atoms with E-state index in [1.165, 1.54) is 6.07 Å². The highest BCUT2D eigenvalue weighted by atomic mass is 19.2. The Morgan fingerprint density at radius 2 is 1.81 bits per heavy atom. The van der Waals surface area contributed by atoms with Gasteiger partial charge >= 0.3 is 0 Å². The zero-order valence-corrected chi connectivity index (χ0v) is 13.5. The molecule has 3 rings (SSSR count). The maximum absolute atomic E-state index is 13.2. The summed E-state index contributed by atoms with van der Waals surface area (Å²) in [7, 11) is 0. The minimum Gasteiger partial charge on any atom is -0.378 e. The van der Waals surface area contributed by atoms with E-state index in [1.54, 1.807) is 6.07 Å². The van der Waals surface area contributed by atoms with E-state index in [9.17, 15) is 22.8 Å². The van der Waals surface area contributed by atoms with Gasteiger partial charge in [-0.15, -0.1) is 0 Å². The first-order chi connectivity index (χ1) is 12.4. The van der Waals surface area contributed by atoms with Gasteiger partial charge in [-0.05, 0) is 6.07 Å². The quantitative estimate of drug-likeness (QED) is 0.819. The van der Waals surface area contributed by atoms with E-state index in [4.69, 9.17) is 4.74 Å². The second-order valence-electron chi connectivity index (χ2n) is 5.59. The number of benzene rings is 1. The summed E-state index contributed by atoms with van der Waals surface area (Å²) in [4.78, 5) is 25.9. The second kappa shape index (κ2) is 7.56. The number of anilines is 2. The molecule has 26 heavy (non-hydrogen) atoms. The third-order valence-electron chi connectivity index (χ3n) is 3.75. The fourth-order valence-corrected chi connectivity index (χ4v) is 2.48. The highest BCUT2D eigenvalue weighted by Gasteiger charge is 2.16. The molecule has 1 aliphatic heterocycles. The summed E-state index contributed by atoms with van der Waals surface area (Å²) in [6, 6.07) is 4.13. The summed E-state index contributed by atoms with van der Waals surface area (Å²) in [6.07, 6.45) is 0. The number of amides is 1. The zero-order chi connectivity index (χ0) is 18.7.